The van der Waals surface area contributed by atoms with Crippen LogP contribution in [0, 0.1) is 25.7 Å². The van der Waals surface area contributed by atoms with Gasteiger partial charge in [0.15, 0.2) is 0 Å². The van der Waals surface area contributed by atoms with E-state index in [0.717, 1.165) is 51.9 Å². The van der Waals surface area contributed by atoms with Gasteiger partial charge in [-0.15, -0.1) is 0 Å². The number of allylic oxidation sites excluding steroid dienone is 1. The summed E-state index contributed by atoms with van der Waals surface area (Å²) in [5, 5.41) is 9.36. The Morgan fingerprint density at radius 2 is 1.85 bits per heavy atom. The van der Waals surface area contributed by atoms with Gasteiger partial charge in [-0.25, -0.2) is 0 Å². The van der Waals surface area contributed by atoms with Crippen molar-refractivity contribution >= 4 is 12.0 Å². The molecule has 1 aromatic rings. The molecule has 1 aromatic carbocycles. The zero-order chi connectivity index (χ0) is 19.2. The number of hydrogen-bond donors (Lipinski definition) is 1. The molecule has 1 atom stereocenters. The number of carbonyl (C=O) groups excluding carboxylic acids is 1. The highest BCUT2D eigenvalue weighted by atomic mass is 16.3. The molecule has 2 aliphatic rings. The van der Waals surface area contributed by atoms with Crippen LogP contribution in [0.4, 0.5) is 0 Å². The summed E-state index contributed by atoms with van der Waals surface area (Å²) in [6.45, 7) is 8.64. The van der Waals surface area contributed by atoms with Crippen LogP contribution in [0.2, 0.25) is 0 Å². The third-order valence-electron chi connectivity index (χ3n) is 6.19. The minimum absolute atomic E-state index is 0.239. The minimum atomic E-state index is 0.239. The number of carbonyl (C=O) groups is 1. The van der Waals surface area contributed by atoms with Crippen molar-refractivity contribution in [2.45, 2.75) is 39.5 Å². The zero-order valence-corrected chi connectivity index (χ0v) is 16.9. The molecule has 2 heterocycles. The Morgan fingerprint density at radius 3 is 2.52 bits per heavy atom. The van der Waals surface area contributed by atoms with E-state index in [1.54, 1.807) is 0 Å². The van der Waals surface area contributed by atoms with Crippen LogP contribution in [-0.2, 0) is 4.79 Å². The summed E-state index contributed by atoms with van der Waals surface area (Å²) in [6.07, 6.45) is 8.88. The van der Waals surface area contributed by atoms with Crippen molar-refractivity contribution < 1.29 is 9.90 Å². The fourth-order valence-corrected chi connectivity index (χ4v) is 4.40. The smallest absolute Gasteiger partial charge is 0.236 e. The van der Waals surface area contributed by atoms with Crippen LogP contribution < -0.4 is 0 Å². The number of piperidine rings is 2. The van der Waals surface area contributed by atoms with E-state index in [4.69, 9.17) is 0 Å². The lowest BCUT2D eigenvalue weighted by atomic mass is 9.94. The van der Waals surface area contributed by atoms with Crippen molar-refractivity contribution in [2.24, 2.45) is 11.8 Å². The zero-order valence-electron chi connectivity index (χ0n) is 16.9. The van der Waals surface area contributed by atoms with Gasteiger partial charge in [0, 0.05) is 26.2 Å². The van der Waals surface area contributed by atoms with Crippen LogP contribution >= 0.6 is 0 Å². The van der Waals surface area contributed by atoms with Gasteiger partial charge in [-0.2, -0.15) is 0 Å². The number of amides is 1. The molecule has 0 aliphatic carbocycles. The number of hydrogen-bond acceptors (Lipinski definition) is 3. The number of nitrogens with zero attached hydrogens (tertiary/aromatic N) is 2. The lowest BCUT2D eigenvalue weighted by Gasteiger charge is -2.35. The second kappa shape index (κ2) is 9.52. The van der Waals surface area contributed by atoms with Gasteiger partial charge in [-0.05, 0) is 74.6 Å². The molecule has 2 fully saturated rings. The average Bonchev–Trinajstić information content (AvgIpc) is 2.68. The third kappa shape index (κ3) is 5.43. The lowest BCUT2D eigenvalue weighted by Crippen LogP contribution is -2.46. The standard InChI is InChI=1S/C23H34N2O2/c1-18-5-3-6-19(2)22(18)9-8-20-10-13-25(14-11-20)23(27)16-24-12-4-7-21(15-24)17-26/h3,5-6,8-9,20-21,26H,4,7,10-17H2,1-2H3/b9-8+/t21-/m0/s1. The van der Waals surface area contributed by atoms with Gasteiger partial charge in [0.2, 0.25) is 5.91 Å². The Hall–Kier alpha value is -1.65. The molecule has 0 unspecified atom stereocenters. The molecule has 0 aromatic heterocycles. The summed E-state index contributed by atoms with van der Waals surface area (Å²) in [5.41, 5.74) is 3.97. The predicted molar refractivity (Wildman–Crippen MR) is 111 cm³/mol. The maximum Gasteiger partial charge on any atom is 0.236 e. The Kier molecular flexibility index (Phi) is 7.08. The SMILES string of the molecule is Cc1cccc(C)c1/C=C/C1CCN(C(=O)CN2CCC[C@H](CO)C2)CC1. The van der Waals surface area contributed by atoms with Crippen molar-refractivity contribution in [1.82, 2.24) is 9.80 Å². The van der Waals surface area contributed by atoms with Gasteiger partial charge in [0.25, 0.3) is 0 Å². The molecule has 148 valence electrons. The van der Waals surface area contributed by atoms with Gasteiger partial charge < -0.3 is 10.0 Å². The summed E-state index contributed by atoms with van der Waals surface area (Å²) in [6, 6.07) is 6.43. The lowest BCUT2D eigenvalue weighted by molar-refractivity contribution is -0.134. The molecule has 4 nitrogen and oxygen atoms in total. The third-order valence-corrected chi connectivity index (χ3v) is 6.19. The Bertz CT molecular complexity index is 642. The van der Waals surface area contributed by atoms with Crippen LogP contribution in [0.1, 0.15) is 42.4 Å². The first-order valence-electron chi connectivity index (χ1n) is 10.4. The highest BCUT2D eigenvalue weighted by Gasteiger charge is 2.25. The van der Waals surface area contributed by atoms with Crippen molar-refractivity contribution in [2.75, 3.05) is 39.3 Å². The van der Waals surface area contributed by atoms with Crippen LogP contribution in [0.3, 0.4) is 0 Å². The van der Waals surface area contributed by atoms with Gasteiger partial charge in [-0.3, -0.25) is 9.69 Å². The summed E-state index contributed by atoms with van der Waals surface area (Å²) in [4.78, 5) is 16.9. The second-order valence-corrected chi connectivity index (χ2v) is 8.31. The van der Waals surface area contributed by atoms with E-state index in [-0.39, 0.29) is 12.5 Å². The van der Waals surface area contributed by atoms with Crippen LogP contribution in [-0.4, -0.2) is 60.1 Å². The molecular weight excluding hydrogens is 336 g/mol. The largest absolute Gasteiger partial charge is 0.396 e. The highest BCUT2D eigenvalue weighted by molar-refractivity contribution is 5.78. The molecule has 1 N–H and O–H groups in total. The Labute approximate surface area is 163 Å². The number of benzene rings is 1. The number of aliphatic hydroxyl groups excluding tert-OH is 1. The van der Waals surface area contributed by atoms with Crippen molar-refractivity contribution in [3.8, 4) is 0 Å². The maximum absolute atomic E-state index is 12.6. The minimum Gasteiger partial charge on any atom is -0.396 e. The van der Waals surface area contributed by atoms with Gasteiger partial charge in [0.1, 0.15) is 0 Å². The molecule has 2 saturated heterocycles. The van der Waals surface area contributed by atoms with Crippen LogP contribution in [0.15, 0.2) is 24.3 Å². The molecule has 1 amide bonds. The molecule has 27 heavy (non-hydrogen) atoms. The second-order valence-electron chi connectivity index (χ2n) is 8.31. The van der Waals surface area contributed by atoms with Crippen molar-refractivity contribution in [1.29, 1.82) is 0 Å². The number of aryl methyl sites for hydroxylation is 2. The monoisotopic (exact) mass is 370 g/mol. The van der Waals surface area contributed by atoms with E-state index in [2.05, 4.69) is 49.1 Å². The molecule has 2 aliphatic heterocycles. The number of rotatable bonds is 5. The predicted octanol–water partition coefficient (Wildman–Crippen LogP) is 3.26. The first-order valence-corrected chi connectivity index (χ1v) is 10.4. The van der Waals surface area contributed by atoms with Crippen LogP contribution in [0.25, 0.3) is 6.08 Å². The normalized spacial score (nSPS) is 22.5. The summed E-state index contributed by atoms with van der Waals surface area (Å²) in [5.74, 6) is 1.15. The average molecular weight is 371 g/mol. The molecule has 0 radical (unpaired) electrons. The molecule has 4 heteroatoms. The van der Waals surface area contributed by atoms with E-state index in [9.17, 15) is 9.90 Å². The van der Waals surface area contributed by atoms with E-state index < -0.39 is 0 Å². The van der Waals surface area contributed by atoms with Gasteiger partial charge >= 0.3 is 0 Å². The molecular formula is C23H34N2O2. The molecule has 0 bridgehead atoms. The fourth-order valence-electron chi connectivity index (χ4n) is 4.40. The molecule has 0 spiro atoms. The summed E-state index contributed by atoms with van der Waals surface area (Å²) >= 11 is 0. The Morgan fingerprint density at radius 1 is 1.15 bits per heavy atom. The highest BCUT2D eigenvalue weighted by Crippen LogP contribution is 2.23. The summed E-state index contributed by atoms with van der Waals surface area (Å²) < 4.78 is 0. The molecule has 3 rings (SSSR count). The van der Waals surface area contributed by atoms with E-state index in [0.29, 0.717) is 18.4 Å². The maximum atomic E-state index is 12.6. The number of aliphatic hydroxyl groups is 1. The van der Waals surface area contributed by atoms with Gasteiger partial charge in [0.05, 0.1) is 6.54 Å². The fraction of sp³-hybridized carbons (Fsp3) is 0.609. The molecule has 0 saturated carbocycles. The summed E-state index contributed by atoms with van der Waals surface area (Å²) in [7, 11) is 0. The first-order chi connectivity index (χ1) is 13.1. The first kappa shape index (κ1) is 20.1. The Balaban J connectivity index is 1.47. The van der Waals surface area contributed by atoms with Crippen molar-refractivity contribution in [3.05, 3.63) is 41.0 Å². The van der Waals surface area contributed by atoms with E-state index in [1.165, 1.54) is 16.7 Å². The number of likely N-dealkylation sites (tertiary alicyclic amines) is 2. The topological polar surface area (TPSA) is 43.8 Å². The van der Waals surface area contributed by atoms with E-state index in [1.807, 2.05) is 4.90 Å². The van der Waals surface area contributed by atoms with Gasteiger partial charge in [-0.1, -0.05) is 30.4 Å². The van der Waals surface area contributed by atoms with Crippen molar-refractivity contribution in [3.63, 3.8) is 0 Å². The quantitative estimate of drug-likeness (QED) is 0.865. The van der Waals surface area contributed by atoms with E-state index >= 15 is 0 Å². The van der Waals surface area contributed by atoms with Crippen LogP contribution in [0.5, 0.6) is 0 Å².